The summed E-state index contributed by atoms with van der Waals surface area (Å²) in [4.78, 5) is 44.7. The zero-order chi connectivity index (χ0) is 14.4. The molecule has 17 heavy (non-hydrogen) atoms. The average Bonchev–Trinajstić information content (AvgIpc) is 1.99. The fraction of sp³-hybridized carbons (Fsp3) is 0.667. The van der Waals surface area contributed by atoms with Gasteiger partial charge in [0, 0.05) is 0 Å². The molecule has 2 radical (unpaired) electrons. The topological polar surface area (TPSA) is 68.3 Å². The fourth-order valence-corrected chi connectivity index (χ4v) is 0.701. The van der Waals surface area contributed by atoms with Crippen molar-refractivity contribution in [2.45, 2.75) is 50.4 Å². The van der Waals surface area contributed by atoms with E-state index in [4.69, 9.17) is 0 Å². The van der Waals surface area contributed by atoms with Crippen LogP contribution in [0.2, 0.25) is 9.88 Å². The van der Waals surface area contributed by atoms with Gasteiger partial charge in [0.25, 0.3) is 0 Å². The van der Waals surface area contributed by atoms with E-state index in [1.807, 2.05) is 0 Å². The number of hydrogen-bond donors (Lipinski definition) is 0. The molecule has 0 saturated carbocycles. The van der Waals surface area contributed by atoms with Crippen molar-refractivity contribution >= 4 is 44.3 Å². The van der Waals surface area contributed by atoms with Crippen LogP contribution in [0, 0.1) is 0 Å². The second kappa shape index (κ2) is 15.5. The van der Waals surface area contributed by atoms with Crippen molar-refractivity contribution in [2.75, 3.05) is 0 Å². The van der Waals surface area contributed by atoms with Gasteiger partial charge in [-0.05, 0) is 27.7 Å². The van der Waals surface area contributed by atoms with Crippen LogP contribution in [0.5, 0.6) is 0 Å². The third-order valence-electron chi connectivity index (χ3n) is 0.996. The third kappa shape index (κ3) is 50.3. The monoisotopic (exact) mass is 350 g/mol. The Bertz CT molecular complexity index is 209. The summed E-state index contributed by atoms with van der Waals surface area (Å²) in [5, 5.41) is 0. The van der Waals surface area contributed by atoms with E-state index in [0.717, 1.165) is 0 Å². The molecule has 0 aliphatic rings. The van der Waals surface area contributed by atoms with Gasteiger partial charge < -0.3 is 0 Å². The number of hydrogen-bond acceptors (Lipinski definition) is 4. The Balaban J connectivity index is -0.000000188. The van der Waals surface area contributed by atoms with Crippen molar-refractivity contribution in [2.24, 2.45) is 0 Å². The predicted molar refractivity (Wildman–Crippen MR) is 69.4 cm³/mol. The minimum atomic E-state index is -0.0625. The van der Waals surface area contributed by atoms with Gasteiger partial charge in [-0.15, -0.1) is 0 Å². The molecule has 0 unspecified atom stereocenters. The maximum absolute atomic E-state index is 10.0. The van der Waals surface area contributed by atoms with Gasteiger partial charge in [-0.2, -0.15) is 0 Å². The average molecular weight is 349 g/mol. The zero-order valence-corrected chi connectivity index (χ0v) is 14.4. The molecule has 0 N–H and O–H groups in total. The first kappa shape index (κ1) is 21.7. The van der Waals surface area contributed by atoms with Crippen molar-refractivity contribution in [3.63, 3.8) is 0 Å². The first-order valence-corrected chi connectivity index (χ1v) is 10.9. The van der Waals surface area contributed by atoms with Gasteiger partial charge >= 0.3 is 31.0 Å². The van der Waals surface area contributed by atoms with E-state index in [-0.39, 0.29) is 57.1 Å². The summed E-state index contributed by atoms with van der Waals surface area (Å²) in [6, 6.07) is 0. The molecule has 0 heterocycles. The van der Waals surface area contributed by atoms with E-state index in [9.17, 15) is 19.2 Å². The van der Waals surface area contributed by atoms with E-state index in [1.165, 1.54) is 27.7 Å². The van der Waals surface area contributed by atoms with Gasteiger partial charge in [-0.1, -0.05) is 0 Å². The van der Waals surface area contributed by atoms with Gasteiger partial charge in [0.15, 0.2) is 0 Å². The standard InChI is InChI=1S/2C5H8O2.2CH3.Sn/c2*1-4(6)3-5(2)7;;;/h2*3H2,1-2H3;2*1H3;. The zero-order valence-electron chi connectivity index (χ0n) is 11.5. The molecule has 0 amide bonds. The Labute approximate surface area is 114 Å². The van der Waals surface area contributed by atoms with Crippen LogP contribution in [0.25, 0.3) is 0 Å². The molecule has 98 valence electrons. The van der Waals surface area contributed by atoms with Crippen LogP contribution >= 0.6 is 0 Å². The van der Waals surface area contributed by atoms with Crippen LogP contribution in [0.3, 0.4) is 0 Å². The van der Waals surface area contributed by atoms with Gasteiger partial charge in [0.1, 0.15) is 23.1 Å². The van der Waals surface area contributed by atoms with Gasteiger partial charge in [-0.3, -0.25) is 19.2 Å². The quantitative estimate of drug-likeness (QED) is 0.574. The van der Waals surface area contributed by atoms with E-state index in [1.54, 1.807) is 0 Å². The van der Waals surface area contributed by atoms with Crippen molar-refractivity contribution in [1.29, 1.82) is 0 Å². The molecule has 0 fully saturated rings. The Morgan fingerprint density at radius 3 is 0.765 bits per heavy atom. The van der Waals surface area contributed by atoms with E-state index < -0.39 is 0 Å². The molecule has 0 aromatic rings. The molecule has 0 aromatic heterocycles. The third-order valence-corrected chi connectivity index (χ3v) is 0.996. The molecule has 0 aromatic carbocycles. The molecule has 0 aliphatic carbocycles. The second-order valence-corrected chi connectivity index (χ2v) is 6.52. The second-order valence-electron chi connectivity index (χ2n) is 3.66. The number of rotatable bonds is 4. The van der Waals surface area contributed by atoms with E-state index in [2.05, 4.69) is 9.88 Å². The van der Waals surface area contributed by atoms with Gasteiger partial charge in [-0.25, -0.2) is 0 Å². The fourth-order valence-electron chi connectivity index (χ4n) is 0.701. The Hall–Kier alpha value is -0.521. The van der Waals surface area contributed by atoms with Crippen LogP contribution < -0.4 is 0 Å². The summed E-state index contributed by atoms with van der Waals surface area (Å²) in [7, 11) is 0. The van der Waals surface area contributed by atoms with Crippen LogP contribution in [-0.4, -0.2) is 44.3 Å². The van der Waals surface area contributed by atoms with Crippen molar-refractivity contribution in [3.05, 3.63) is 0 Å². The Morgan fingerprint density at radius 2 is 0.765 bits per heavy atom. The van der Waals surface area contributed by atoms with Crippen LogP contribution in [0.1, 0.15) is 40.5 Å². The number of ketones is 4. The molecule has 0 atom stereocenters. The Kier molecular flexibility index (Phi) is 19.8. The van der Waals surface area contributed by atoms with Gasteiger partial charge in [0.05, 0.1) is 12.8 Å². The van der Waals surface area contributed by atoms with E-state index >= 15 is 0 Å². The number of carbonyl (C=O) groups is 4. The molecule has 0 bridgehead atoms. The first-order valence-electron chi connectivity index (χ1n) is 5.23. The molecule has 0 spiro atoms. The summed E-state index contributed by atoms with van der Waals surface area (Å²) >= 11 is 0.230. The molecule has 4 nitrogen and oxygen atoms in total. The predicted octanol–water partition coefficient (Wildman–Crippen LogP) is 1.90. The SMILES string of the molecule is CC(=O)CC(C)=O.CC(=O)CC(C)=O.[CH3][Sn][CH3]. The van der Waals surface area contributed by atoms with Crippen LogP contribution in [0.15, 0.2) is 0 Å². The number of Topliss-reactive ketones (excluding diaryl/α,β-unsaturated/α-hetero) is 4. The van der Waals surface area contributed by atoms with Crippen molar-refractivity contribution in [3.8, 4) is 0 Å². The van der Waals surface area contributed by atoms with Crippen LogP contribution in [0.4, 0.5) is 0 Å². The molecular formula is C12H22O4Sn. The summed E-state index contributed by atoms with van der Waals surface area (Å²) in [6.45, 7) is 5.62. The minimum absolute atomic E-state index is 0.0625. The Morgan fingerprint density at radius 1 is 0.647 bits per heavy atom. The normalized spacial score (nSPS) is 7.88. The van der Waals surface area contributed by atoms with Crippen LogP contribution in [-0.2, 0) is 19.2 Å². The summed E-state index contributed by atoms with van der Waals surface area (Å²) in [5.74, 6) is -0.250. The summed E-state index contributed by atoms with van der Waals surface area (Å²) in [6.07, 6.45) is 0.167. The molecule has 0 rings (SSSR count). The summed E-state index contributed by atoms with van der Waals surface area (Å²) < 4.78 is 0. The number of carbonyl (C=O) groups excluding carboxylic acids is 4. The molecule has 0 aliphatic heterocycles. The van der Waals surface area contributed by atoms with Gasteiger partial charge in [0.2, 0.25) is 0 Å². The molecular weight excluding hydrogens is 327 g/mol. The first-order chi connectivity index (χ1) is 7.67. The van der Waals surface area contributed by atoms with Crippen molar-refractivity contribution < 1.29 is 19.2 Å². The molecule has 0 saturated heterocycles. The van der Waals surface area contributed by atoms with Crippen molar-refractivity contribution in [1.82, 2.24) is 0 Å². The maximum atomic E-state index is 10.0. The van der Waals surface area contributed by atoms with E-state index in [0.29, 0.717) is 0 Å². The molecule has 5 heteroatoms. The summed E-state index contributed by atoms with van der Waals surface area (Å²) in [5.41, 5.74) is 0.